The van der Waals surface area contributed by atoms with E-state index in [1.165, 1.54) is 6.08 Å². The Morgan fingerprint density at radius 3 is 2.56 bits per heavy atom. The molecule has 0 aliphatic rings. The lowest BCUT2D eigenvalue weighted by Gasteiger charge is -2.13. The topological polar surface area (TPSA) is 71.3 Å². The first kappa shape index (κ1) is 25.3. The minimum absolute atomic E-state index is 0.0316. The Kier molecular flexibility index (Phi) is 8.27. The molecule has 0 bridgehead atoms. The van der Waals surface area contributed by atoms with E-state index in [4.69, 9.17) is 21.1 Å². The van der Waals surface area contributed by atoms with Crippen molar-refractivity contribution >= 4 is 50.3 Å². The Morgan fingerprint density at radius 2 is 1.83 bits per heavy atom. The van der Waals surface area contributed by atoms with E-state index in [1.54, 1.807) is 19.2 Å². The Morgan fingerprint density at radius 1 is 1.08 bits per heavy atom. The standard InChI is InChI=1S/C29H22BrClN2O3/c1-35-24-11-9-19(10-12-24)17-33-29(34)23(16-32)13-20-14-26(30)28(27(31)15-20)36-18-22-7-4-6-21-5-2-3-8-25(21)22/h2-15H,17-18H2,1H3,(H,33,34)/b23-13-. The van der Waals surface area contributed by atoms with Gasteiger partial charge >= 0.3 is 0 Å². The Bertz CT molecular complexity index is 1450. The van der Waals surface area contributed by atoms with Crippen molar-refractivity contribution in [3.63, 3.8) is 0 Å². The van der Waals surface area contributed by atoms with Crippen LogP contribution in [0.15, 0.2) is 88.9 Å². The average Bonchev–Trinajstić information content (AvgIpc) is 2.90. The fraction of sp³-hybridized carbons (Fsp3) is 0.103. The number of halogens is 2. The first-order valence-corrected chi connectivity index (χ1v) is 12.3. The molecule has 0 aliphatic heterocycles. The number of hydrogen-bond acceptors (Lipinski definition) is 4. The van der Waals surface area contributed by atoms with Crippen LogP contribution in [-0.2, 0) is 17.9 Å². The lowest BCUT2D eigenvalue weighted by Crippen LogP contribution is -2.23. The average molecular weight is 562 g/mol. The summed E-state index contributed by atoms with van der Waals surface area (Å²) >= 11 is 10.0. The smallest absolute Gasteiger partial charge is 0.262 e. The molecule has 0 fully saturated rings. The first-order chi connectivity index (χ1) is 17.5. The van der Waals surface area contributed by atoms with Crippen molar-refractivity contribution in [2.45, 2.75) is 13.2 Å². The van der Waals surface area contributed by atoms with Gasteiger partial charge in [0.25, 0.3) is 5.91 Å². The molecule has 0 saturated carbocycles. The van der Waals surface area contributed by atoms with Gasteiger partial charge < -0.3 is 14.8 Å². The molecule has 4 rings (SSSR count). The number of nitriles is 1. The molecule has 0 aromatic heterocycles. The van der Waals surface area contributed by atoms with Gasteiger partial charge in [-0.15, -0.1) is 0 Å². The largest absolute Gasteiger partial charge is 0.497 e. The molecule has 0 atom stereocenters. The van der Waals surface area contributed by atoms with Gasteiger partial charge in [-0.25, -0.2) is 0 Å². The van der Waals surface area contributed by atoms with Crippen molar-refractivity contribution in [2.75, 3.05) is 7.11 Å². The number of rotatable bonds is 8. The minimum atomic E-state index is -0.475. The molecule has 4 aromatic carbocycles. The lowest BCUT2D eigenvalue weighted by molar-refractivity contribution is -0.117. The van der Waals surface area contributed by atoms with Crippen molar-refractivity contribution in [1.29, 1.82) is 5.26 Å². The Hall–Kier alpha value is -3.79. The van der Waals surface area contributed by atoms with Crippen LogP contribution in [0, 0.1) is 11.3 Å². The van der Waals surface area contributed by atoms with E-state index < -0.39 is 5.91 Å². The van der Waals surface area contributed by atoms with Crippen molar-refractivity contribution in [3.8, 4) is 17.6 Å². The highest BCUT2D eigenvalue weighted by Crippen LogP contribution is 2.36. The molecule has 4 aromatic rings. The maximum Gasteiger partial charge on any atom is 0.262 e. The predicted octanol–water partition coefficient (Wildman–Crippen LogP) is 7.07. The molecule has 0 saturated heterocycles. The second-order valence-corrected chi connectivity index (χ2v) is 9.20. The van der Waals surface area contributed by atoms with Gasteiger partial charge in [-0.05, 0) is 73.7 Å². The molecule has 1 amide bonds. The molecule has 180 valence electrons. The number of benzene rings is 4. The van der Waals surface area contributed by atoms with E-state index >= 15 is 0 Å². The van der Waals surface area contributed by atoms with Gasteiger partial charge in [0.15, 0.2) is 5.75 Å². The van der Waals surface area contributed by atoms with Crippen LogP contribution >= 0.6 is 27.5 Å². The third kappa shape index (κ3) is 6.06. The maximum absolute atomic E-state index is 12.6. The van der Waals surface area contributed by atoms with Crippen LogP contribution in [0.1, 0.15) is 16.7 Å². The number of carbonyl (C=O) groups is 1. The fourth-order valence-electron chi connectivity index (χ4n) is 3.71. The number of amides is 1. The summed E-state index contributed by atoms with van der Waals surface area (Å²) in [5.41, 5.74) is 2.50. The summed E-state index contributed by atoms with van der Waals surface area (Å²) in [5, 5.41) is 14.9. The lowest BCUT2D eigenvalue weighted by atomic mass is 10.1. The number of hydrogen-bond donors (Lipinski definition) is 1. The molecule has 0 radical (unpaired) electrons. The maximum atomic E-state index is 12.6. The zero-order valence-electron chi connectivity index (χ0n) is 19.4. The van der Waals surface area contributed by atoms with Crippen molar-refractivity contribution in [2.24, 2.45) is 0 Å². The van der Waals surface area contributed by atoms with Crippen molar-refractivity contribution < 1.29 is 14.3 Å². The van der Waals surface area contributed by atoms with Crippen LogP contribution in [0.2, 0.25) is 5.02 Å². The zero-order chi connectivity index (χ0) is 25.5. The highest BCUT2D eigenvalue weighted by Gasteiger charge is 2.13. The van der Waals surface area contributed by atoms with Crippen LogP contribution in [0.25, 0.3) is 16.8 Å². The van der Waals surface area contributed by atoms with E-state index in [2.05, 4.69) is 39.4 Å². The van der Waals surface area contributed by atoms with E-state index in [9.17, 15) is 10.1 Å². The third-order valence-corrected chi connectivity index (χ3v) is 6.43. The highest BCUT2D eigenvalue weighted by atomic mass is 79.9. The van der Waals surface area contributed by atoms with Gasteiger partial charge in [0.2, 0.25) is 0 Å². The fourth-order valence-corrected chi connectivity index (χ4v) is 4.69. The predicted molar refractivity (Wildman–Crippen MR) is 146 cm³/mol. The minimum Gasteiger partial charge on any atom is -0.497 e. The molecular formula is C29H22BrClN2O3. The molecule has 0 unspecified atom stereocenters. The van der Waals surface area contributed by atoms with Crippen LogP contribution in [-0.4, -0.2) is 13.0 Å². The zero-order valence-corrected chi connectivity index (χ0v) is 21.8. The number of methoxy groups -OCH3 is 1. The molecule has 36 heavy (non-hydrogen) atoms. The summed E-state index contributed by atoms with van der Waals surface area (Å²) in [6.45, 7) is 0.624. The van der Waals surface area contributed by atoms with E-state index in [0.717, 1.165) is 27.6 Å². The van der Waals surface area contributed by atoms with Gasteiger partial charge in [-0.2, -0.15) is 5.26 Å². The molecule has 0 aliphatic carbocycles. The first-order valence-electron chi connectivity index (χ1n) is 11.1. The molecule has 0 spiro atoms. The van der Waals surface area contributed by atoms with Gasteiger partial charge in [0, 0.05) is 6.54 Å². The van der Waals surface area contributed by atoms with Crippen LogP contribution in [0.5, 0.6) is 11.5 Å². The van der Waals surface area contributed by atoms with Gasteiger partial charge in [0.1, 0.15) is 24.0 Å². The molecule has 0 heterocycles. The summed E-state index contributed by atoms with van der Waals surface area (Å²) in [6.07, 6.45) is 1.49. The SMILES string of the molecule is COc1ccc(CNC(=O)/C(C#N)=C\c2cc(Cl)c(OCc3cccc4ccccc34)c(Br)c2)cc1. The number of nitrogens with one attached hydrogen (secondary N) is 1. The summed E-state index contributed by atoms with van der Waals surface area (Å²) in [7, 11) is 1.59. The second kappa shape index (κ2) is 11.8. The Labute approximate surface area is 223 Å². The number of ether oxygens (including phenoxy) is 2. The normalized spacial score (nSPS) is 11.1. The van der Waals surface area contributed by atoms with Gasteiger partial charge in [0.05, 0.1) is 16.6 Å². The highest BCUT2D eigenvalue weighted by molar-refractivity contribution is 9.10. The van der Waals surface area contributed by atoms with Crippen molar-refractivity contribution in [1.82, 2.24) is 5.32 Å². The third-order valence-electron chi connectivity index (χ3n) is 5.56. The van der Waals surface area contributed by atoms with Crippen LogP contribution < -0.4 is 14.8 Å². The summed E-state index contributed by atoms with van der Waals surface area (Å²) in [6, 6.07) is 26.9. The number of nitrogens with zero attached hydrogens (tertiary/aromatic N) is 1. The summed E-state index contributed by atoms with van der Waals surface area (Å²) in [4.78, 5) is 12.6. The number of carbonyl (C=O) groups excluding carboxylic acids is 1. The molecule has 5 nitrogen and oxygen atoms in total. The van der Waals surface area contributed by atoms with E-state index in [0.29, 0.717) is 27.4 Å². The Balaban J connectivity index is 1.46. The van der Waals surface area contributed by atoms with E-state index in [1.807, 2.05) is 54.6 Å². The van der Waals surface area contributed by atoms with Crippen molar-refractivity contribution in [3.05, 3.63) is 111 Å². The molecule has 1 N–H and O–H groups in total. The quantitative estimate of drug-likeness (QED) is 0.185. The summed E-state index contributed by atoms with van der Waals surface area (Å²) < 4.78 is 11.8. The second-order valence-electron chi connectivity index (χ2n) is 7.94. The van der Waals surface area contributed by atoms with E-state index in [-0.39, 0.29) is 12.1 Å². The van der Waals surface area contributed by atoms with Crippen LogP contribution in [0.4, 0.5) is 0 Å². The van der Waals surface area contributed by atoms with Gasteiger partial charge in [-0.1, -0.05) is 66.2 Å². The molecular weight excluding hydrogens is 540 g/mol. The molecule has 7 heteroatoms. The summed E-state index contributed by atoms with van der Waals surface area (Å²) in [5.74, 6) is 0.746. The van der Waals surface area contributed by atoms with Crippen LogP contribution in [0.3, 0.4) is 0 Å². The van der Waals surface area contributed by atoms with Gasteiger partial charge in [-0.3, -0.25) is 4.79 Å². The number of fused-ring (bicyclic) bond motifs is 1. The monoisotopic (exact) mass is 560 g/mol.